The molecule has 0 atom stereocenters. The maximum absolute atomic E-state index is 8.73. The first-order valence-corrected chi connectivity index (χ1v) is 5.32. The van der Waals surface area contributed by atoms with Crippen LogP contribution in [0.15, 0.2) is 36.4 Å². The van der Waals surface area contributed by atoms with Crippen molar-refractivity contribution in [1.82, 2.24) is 0 Å². The molecule has 0 spiro atoms. The van der Waals surface area contributed by atoms with Gasteiger partial charge in [0.1, 0.15) is 0 Å². The lowest BCUT2D eigenvalue weighted by molar-refractivity contribution is 1.28. The molecular formula is C13H10ClN. The highest BCUT2D eigenvalue weighted by atomic mass is 35.5. The standard InChI is InChI=1S/C13H10ClN/c14-9-11-4-2-5-12-10(7-8-15)3-1-6-13(11)12/h1-6H,7,9H2. The van der Waals surface area contributed by atoms with Crippen LogP contribution in [-0.4, -0.2) is 0 Å². The number of halogens is 1. The van der Waals surface area contributed by atoms with Crippen molar-refractivity contribution in [2.75, 3.05) is 0 Å². The van der Waals surface area contributed by atoms with Gasteiger partial charge in [-0.15, -0.1) is 11.6 Å². The summed E-state index contributed by atoms with van der Waals surface area (Å²) in [6.07, 6.45) is 0.447. The van der Waals surface area contributed by atoms with E-state index in [9.17, 15) is 0 Å². The summed E-state index contributed by atoms with van der Waals surface area (Å²) in [4.78, 5) is 0. The third kappa shape index (κ3) is 1.82. The van der Waals surface area contributed by atoms with Gasteiger partial charge in [-0.25, -0.2) is 0 Å². The van der Waals surface area contributed by atoms with Crippen molar-refractivity contribution in [2.45, 2.75) is 12.3 Å². The second kappa shape index (κ2) is 4.33. The maximum atomic E-state index is 8.73. The van der Waals surface area contributed by atoms with E-state index in [1.54, 1.807) is 0 Å². The molecule has 74 valence electrons. The summed E-state index contributed by atoms with van der Waals surface area (Å²) in [5.74, 6) is 0.507. The summed E-state index contributed by atoms with van der Waals surface area (Å²) >= 11 is 5.87. The zero-order chi connectivity index (χ0) is 10.7. The first kappa shape index (κ1) is 10.0. The highest BCUT2D eigenvalue weighted by Crippen LogP contribution is 2.23. The maximum Gasteiger partial charge on any atom is 0.0669 e. The Balaban J connectivity index is 2.72. The molecule has 2 heteroatoms. The Bertz CT molecular complexity index is 526. The van der Waals surface area contributed by atoms with Gasteiger partial charge in [-0.05, 0) is 21.9 Å². The molecule has 0 aliphatic carbocycles. The number of benzene rings is 2. The third-order valence-electron chi connectivity index (χ3n) is 2.52. The number of nitrogens with zero attached hydrogens (tertiary/aromatic N) is 1. The summed E-state index contributed by atoms with van der Waals surface area (Å²) < 4.78 is 0. The summed E-state index contributed by atoms with van der Waals surface area (Å²) in [5, 5.41) is 11.0. The van der Waals surface area contributed by atoms with Gasteiger partial charge >= 0.3 is 0 Å². The molecule has 0 fully saturated rings. The molecule has 2 aromatic rings. The summed E-state index contributed by atoms with van der Waals surface area (Å²) in [5.41, 5.74) is 2.19. The van der Waals surface area contributed by atoms with E-state index in [2.05, 4.69) is 6.07 Å². The van der Waals surface area contributed by atoms with Gasteiger partial charge in [0.05, 0.1) is 12.5 Å². The topological polar surface area (TPSA) is 23.8 Å². The van der Waals surface area contributed by atoms with Crippen LogP contribution in [0, 0.1) is 11.3 Å². The van der Waals surface area contributed by atoms with Crippen LogP contribution in [0.5, 0.6) is 0 Å². The van der Waals surface area contributed by atoms with Crippen molar-refractivity contribution in [2.24, 2.45) is 0 Å². The Morgan fingerprint density at radius 2 is 1.60 bits per heavy atom. The smallest absolute Gasteiger partial charge is 0.0669 e. The van der Waals surface area contributed by atoms with Gasteiger partial charge < -0.3 is 0 Å². The van der Waals surface area contributed by atoms with Crippen molar-refractivity contribution < 1.29 is 0 Å². The largest absolute Gasteiger partial charge is 0.198 e. The summed E-state index contributed by atoms with van der Waals surface area (Å²) in [6, 6.07) is 14.2. The zero-order valence-electron chi connectivity index (χ0n) is 8.20. The van der Waals surface area contributed by atoms with Gasteiger partial charge in [-0.2, -0.15) is 5.26 Å². The monoisotopic (exact) mass is 215 g/mol. The molecule has 0 N–H and O–H groups in total. The average Bonchev–Trinajstić information content (AvgIpc) is 2.29. The molecule has 15 heavy (non-hydrogen) atoms. The molecule has 0 heterocycles. The van der Waals surface area contributed by atoms with Crippen molar-refractivity contribution in [3.63, 3.8) is 0 Å². The molecule has 0 saturated carbocycles. The summed E-state index contributed by atoms with van der Waals surface area (Å²) in [7, 11) is 0. The molecule has 0 amide bonds. The van der Waals surface area contributed by atoms with Crippen molar-refractivity contribution in [3.05, 3.63) is 47.5 Å². The van der Waals surface area contributed by atoms with E-state index >= 15 is 0 Å². The van der Waals surface area contributed by atoms with Crippen molar-refractivity contribution in [3.8, 4) is 6.07 Å². The predicted molar refractivity (Wildman–Crippen MR) is 62.8 cm³/mol. The lowest BCUT2D eigenvalue weighted by atomic mass is 9.99. The molecule has 2 aromatic carbocycles. The van der Waals surface area contributed by atoms with E-state index in [1.165, 1.54) is 0 Å². The van der Waals surface area contributed by atoms with E-state index in [1.807, 2.05) is 36.4 Å². The van der Waals surface area contributed by atoms with Crippen LogP contribution < -0.4 is 0 Å². The van der Waals surface area contributed by atoms with Gasteiger partial charge in [0.25, 0.3) is 0 Å². The van der Waals surface area contributed by atoms with E-state index in [4.69, 9.17) is 16.9 Å². The molecule has 0 bridgehead atoms. The Morgan fingerprint density at radius 1 is 1.00 bits per heavy atom. The van der Waals surface area contributed by atoms with Gasteiger partial charge in [-0.1, -0.05) is 36.4 Å². The first-order chi connectivity index (χ1) is 7.36. The van der Waals surface area contributed by atoms with Crippen molar-refractivity contribution in [1.29, 1.82) is 5.26 Å². The molecule has 0 saturated heterocycles. The van der Waals surface area contributed by atoms with Crippen LogP contribution in [0.25, 0.3) is 10.8 Å². The lowest BCUT2D eigenvalue weighted by Crippen LogP contribution is -1.87. The van der Waals surface area contributed by atoms with Gasteiger partial charge in [0.2, 0.25) is 0 Å². The van der Waals surface area contributed by atoms with Crippen LogP contribution >= 0.6 is 11.6 Å². The fraction of sp³-hybridized carbons (Fsp3) is 0.154. The number of fused-ring (bicyclic) bond motifs is 1. The SMILES string of the molecule is N#CCc1cccc2c(CCl)cccc12. The molecule has 0 unspecified atom stereocenters. The van der Waals surface area contributed by atoms with Crippen molar-refractivity contribution >= 4 is 22.4 Å². The van der Waals surface area contributed by atoms with Gasteiger partial charge in [0, 0.05) is 5.88 Å². The summed E-state index contributed by atoms with van der Waals surface area (Å²) in [6.45, 7) is 0. The number of hydrogen-bond donors (Lipinski definition) is 0. The first-order valence-electron chi connectivity index (χ1n) is 4.79. The minimum Gasteiger partial charge on any atom is -0.198 e. The minimum atomic E-state index is 0.447. The van der Waals surface area contributed by atoms with Gasteiger partial charge in [0.15, 0.2) is 0 Å². The second-order valence-electron chi connectivity index (χ2n) is 3.40. The zero-order valence-corrected chi connectivity index (χ0v) is 8.96. The van der Waals surface area contributed by atoms with Crippen LogP contribution in [0.2, 0.25) is 0 Å². The second-order valence-corrected chi connectivity index (χ2v) is 3.67. The molecular weight excluding hydrogens is 206 g/mol. The quantitative estimate of drug-likeness (QED) is 0.702. The number of alkyl halides is 1. The molecule has 2 rings (SSSR count). The predicted octanol–water partition coefficient (Wildman–Crippen LogP) is 3.64. The fourth-order valence-corrected chi connectivity index (χ4v) is 2.03. The van der Waals surface area contributed by atoms with Crippen LogP contribution in [0.1, 0.15) is 11.1 Å². The van der Waals surface area contributed by atoms with Crippen LogP contribution in [0.4, 0.5) is 0 Å². The Labute approximate surface area is 93.9 Å². The third-order valence-corrected chi connectivity index (χ3v) is 2.80. The van der Waals surface area contributed by atoms with E-state index in [0.717, 1.165) is 21.9 Å². The normalized spacial score (nSPS) is 10.1. The number of hydrogen-bond acceptors (Lipinski definition) is 1. The number of rotatable bonds is 2. The van der Waals surface area contributed by atoms with E-state index in [0.29, 0.717) is 12.3 Å². The minimum absolute atomic E-state index is 0.447. The van der Waals surface area contributed by atoms with E-state index in [-0.39, 0.29) is 0 Å². The molecule has 0 radical (unpaired) electrons. The molecule has 1 nitrogen and oxygen atoms in total. The van der Waals surface area contributed by atoms with Gasteiger partial charge in [-0.3, -0.25) is 0 Å². The molecule has 0 aliphatic rings. The lowest BCUT2D eigenvalue weighted by Gasteiger charge is -2.06. The van der Waals surface area contributed by atoms with Crippen LogP contribution in [-0.2, 0) is 12.3 Å². The Hall–Kier alpha value is -1.52. The molecule has 0 aromatic heterocycles. The highest BCUT2D eigenvalue weighted by Gasteiger charge is 2.03. The fourth-order valence-electron chi connectivity index (χ4n) is 1.80. The highest BCUT2D eigenvalue weighted by molar-refractivity contribution is 6.18. The van der Waals surface area contributed by atoms with E-state index < -0.39 is 0 Å². The number of nitriles is 1. The average molecular weight is 216 g/mol. The Morgan fingerprint density at radius 3 is 2.20 bits per heavy atom. The molecule has 0 aliphatic heterocycles. The Kier molecular flexibility index (Phi) is 2.89. The van der Waals surface area contributed by atoms with Crippen LogP contribution in [0.3, 0.4) is 0 Å².